The molecule has 0 spiro atoms. The van der Waals surface area contributed by atoms with E-state index < -0.39 is 10.0 Å². The summed E-state index contributed by atoms with van der Waals surface area (Å²) in [7, 11) is -0.166. The Kier molecular flexibility index (Phi) is 6.03. The monoisotopic (exact) mass is 466 g/mol. The average molecular weight is 467 g/mol. The van der Waals surface area contributed by atoms with Gasteiger partial charge in [-0.15, -0.1) is 0 Å². The lowest BCUT2D eigenvalue weighted by Crippen LogP contribution is -2.36. The van der Waals surface area contributed by atoms with Gasteiger partial charge in [-0.2, -0.15) is 0 Å². The first-order valence-electron chi connectivity index (χ1n) is 11.5. The van der Waals surface area contributed by atoms with E-state index >= 15 is 0 Å². The van der Waals surface area contributed by atoms with Crippen molar-refractivity contribution in [3.05, 3.63) is 65.2 Å². The van der Waals surface area contributed by atoms with Gasteiger partial charge in [0.2, 0.25) is 10.0 Å². The Morgan fingerprint density at radius 2 is 1.88 bits per heavy atom. The highest BCUT2D eigenvalue weighted by molar-refractivity contribution is 7.89. The number of methoxy groups -OCH3 is 2. The Labute approximate surface area is 195 Å². The van der Waals surface area contributed by atoms with Crippen molar-refractivity contribution in [3.8, 4) is 11.5 Å². The predicted molar refractivity (Wildman–Crippen MR) is 130 cm³/mol. The van der Waals surface area contributed by atoms with Gasteiger partial charge in [0.1, 0.15) is 0 Å². The van der Waals surface area contributed by atoms with Crippen molar-refractivity contribution in [2.24, 2.45) is 0 Å². The molecule has 3 aromatic carbocycles. The van der Waals surface area contributed by atoms with Crippen LogP contribution in [0.25, 0.3) is 10.8 Å². The van der Waals surface area contributed by atoms with Gasteiger partial charge in [-0.3, -0.25) is 4.90 Å². The first-order chi connectivity index (χ1) is 16.0. The van der Waals surface area contributed by atoms with Gasteiger partial charge in [-0.1, -0.05) is 36.4 Å². The van der Waals surface area contributed by atoms with E-state index in [4.69, 9.17) is 9.47 Å². The molecule has 33 heavy (non-hydrogen) atoms. The molecular formula is C26H30N2O4S. The molecule has 0 bridgehead atoms. The van der Waals surface area contributed by atoms with Crippen LogP contribution in [0.1, 0.15) is 35.6 Å². The summed E-state index contributed by atoms with van der Waals surface area (Å²) in [4.78, 5) is 2.84. The summed E-state index contributed by atoms with van der Waals surface area (Å²) in [5, 5.41) is 1.68. The normalized spacial score (nSPS) is 17.8. The molecule has 6 nitrogen and oxygen atoms in total. The fourth-order valence-electron chi connectivity index (χ4n) is 5.49. The number of hydrogen-bond acceptors (Lipinski definition) is 5. The third kappa shape index (κ3) is 3.98. The van der Waals surface area contributed by atoms with E-state index in [1.54, 1.807) is 26.4 Å². The zero-order valence-electron chi connectivity index (χ0n) is 19.1. The summed E-state index contributed by atoms with van der Waals surface area (Å²) in [6.07, 6.45) is 3.78. The summed E-state index contributed by atoms with van der Waals surface area (Å²) >= 11 is 0. The van der Waals surface area contributed by atoms with Crippen LogP contribution < -0.4 is 14.2 Å². The van der Waals surface area contributed by atoms with Gasteiger partial charge in [0.25, 0.3) is 0 Å². The Hall–Kier alpha value is -2.61. The minimum absolute atomic E-state index is 0.342. The fourth-order valence-corrected chi connectivity index (χ4v) is 6.79. The Morgan fingerprint density at radius 3 is 2.70 bits per heavy atom. The molecule has 7 heteroatoms. The van der Waals surface area contributed by atoms with Crippen molar-refractivity contribution in [3.63, 3.8) is 0 Å². The van der Waals surface area contributed by atoms with Gasteiger partial charge in [0.15, 0.2) is 11.5 Å². The first kappa shape index (κ1) is 22.2. The van der Waals surface area contributed by atoms with Crippen LogP contribution in [0.5, 0.6) is 11.5 Å². The highest BCUT2D eigenvalue weighted by Gasteiger charge is 2.36. The lowest BCUT2D eigenvalue weighted by atomic mass is 9.92. The second-order valence-electron chi connectivity index (χ2n) is 8.73. The average Bonchev–Trinajstić information content (AvgIpc) is 3.28. The second-order valence-corrected chi connectivity index (χ2v) is 10.5. The van der Waals surface area contributed by atoms with Crippen LogP contribution in [0.3, 0.4) is 0 Å². The number of hydrogen-bond donors (Lipinski definition) is 1. The molecule has 5 rings (SSSR count). The molecule has 1 aliphatic carbocycles. The van der Waals surface area contributed by atoms with E-state index in [1.165, 1.54) is 16.7 Å². The molecule has 174 valence electrons. The first-order valence-corrected chi connectivity index (χ1v) is 13.0. The number of nitrogens with one attached hydrogen (secondary N) is 1. The maximum Gasteiger partial charge on any atom is 0.241 e. The van der Waals surface area contributed by atoms with E-state index in [0.717, 1.165) is 61.0 Å². The van der Waals surface area contributed by atoms with Crippen molar-refractivity contribution < 1.29 is 17.9 Å². The molecule has 1 heterocycles. The number of rotatable bonds is 8. The Balaban J connectivity index is 1.25. The standard InChI is InChI=1S/C26H30N2O4S/c1-31-23-17-19-13-16-28(22-12-11-21(25(19)22)26(23)32-2)15-6-14-27-33(29,30)24-10-5-8-18-7-3-4-9-20(18)24/h3-5,7-10,17,22,27H,6,11-16H2,1-2H3. The number of ether oxygens (including phenoxy) is 2. The number of benzene rings is 3. The summed E-state index contributed by atoms with van der Waals surface area (Å²) in [6.45, 7) is 2.25. The van der Waals surface area contributed by atoms with Crippen LogP contribution in [-0.2, 0) is 22.9 Å². The molecular weight excluding hydrogens is 436 g/mol. The molecule has 2 aliphatic rings. The number of fused-ring (bicyclic) bond motifs is 1. The van der Waals surface area contributed by atoms with Crippen LogP contribution in [0, 0.1) is 0 Å². The number of nitrogens with zero attached hydrogens (tertiary/aromatic N) is 1. The predicted octanol–water partition coefficient (Wildman–Crippen LogP) is 4.07. The van der Waals surface area contributed by atoms with Crippen molar-refractivity contribution >= 4 is 20.8 Å². The zero-order chi connectivity index (χ0) is 23.0. The topological polar surface area (TPSA) is 67.9 Å². The van der Waals surface area contributed by atoms with Gasteiger partial charge >= 0.3 is 0 Å². The van der Waals surface area contributed by atoms with Crippen LogP contribution in [0.4, 0.5) is 0 Å². The molecule has 1 atom stereocenters. The summed E-state index contributed by atoms with van der Waals surface area (Å²) in [5.41, 5.74) is 4.03. The molecule has 0 radical (unpaired) electrons. The Bertz CT molecular complexity index is 1280. The minimum atomic E-state index is -3.56. The molecule has 1 N–H and O–H groups in total. The van der Waals surface area contributed by atoms with Crippen molar-refractivity contribution in [2.45, 2.75) is 36.6 Å². The van der Waals surface area contributed by atoms with E-state index in [1.807, 2.05) is 30.3 Å². The number of sulfonamides is 1. The van der Waals surface area contributed by atoms with Crippen LogP contribution >= 0.6 is 0 Å². The Morgan fingerprint density at radius 1 is 1.06 bits per heavy atom. The zero-order valence-corrected chi connectivity index (χ0v) is 20.0. The van der Waals surface area contributed by atoms with E-state index in [0.29, 0.717) is 17.5 Å². The molecule has 0 aromatic heterocycles. The quantitative estimate of drug-likeness (QED) is 0.507. The van der Waals surface area contributed by atoms with Gasteiger partial charge in [-0.25, -0.2) is 13.1 Å². The largest absolute Gasteiger partial charge is 0.493 e. The van der Waals surface area contributed by atoms with Gasteiger partial charge in [-0.05, 0) is 54.3 Å². The molecule has 3 aromatic rings. The van der Waals surface area contributed by atoms with E-state index in [-0.39, 0.29) is 0 Å². The van der Waals surface area contributed by atoms with E-state index in [2.05, 4.69) is 15.7 Å². The van der Waals surface area contributed by atoms with Crippen LogP contribution in [0.2, 0.25) is 0 Å². The maximum atomic E-state index is 13.0. The molecule has 0 saturated heterocycles. The summed E-state index contributed by atoms with van der Waals surface area (Å²) < 4.78 is 40.0. The molecule has 0 fully saturated rings. The summed E-state index contributed by atoms with van der Waals surface area (Å²) in [6, 6.07) is 15.5. The third-order valence-electron chi connectivity index (χ3n) is 6.96. The van der Waals surface area contributed by atoms with Crippen molar-refractivity contribution in [1.82, 2.24) is 9.62 Å². The van der Waals surface area contributed by atoms with Crippen LogP contribution in [0.15, 0.2) is 53.4 Å². The fraction of sp³-hybridized carbons (Fsp3) is 0.385. The van der Waals surface area contributed by atoms with E-state index in [9.17, 15) is 8.42 Å². The SMILES string of the molecule is COc1cc2c3c(c1OC)CCC3N(CCCNS(=O)(=O)c1cccc3ccccc13)CC2. The van der Waals surface area contributed by atoms with Gasteiger partial charge in [0.05, 0.1) is 19.1 Å². The highest BCUT2D eigenvalue weighted by atomic mass is 32.2. The smallest absolute Gasteiger partial charge is 0.241 e. The van der Waals surface area contributed by atoms with Crippen molar-refractivity contribution in [1.29, 1.82) is 0 Å². The highest BCUT2D eigenvalue weighted by Crippen LogP contribution is 2.48. The maximum absolute atomic E-state index is 13.0. The molecule has 1 aliphatic heterocycles. The van der Waals surface area contributed by atoms with Gasteiger partial charge < -0.3 is 9.47 Å². The molecule has 0 saturated carbocycles. The van der Waals surface area contributed by atoms with Crippen LogP contribution in [-0.4, -0.2) is 47.2 Å². The molecule has 0 amide bonds. The summed E-state index contributed by atoms with van der Waals surface area (Å²) in [5.74, 6) is 1.69. The molecule has 1 unspecified atom stereocenters. The minimum Gasteiger partial charge on any atom is -0.493 e. The second kappa shape index (κ2) is 8.97. The lowest BCUT2D eigenvalue weighted by Gasteiger charge is -2.35. The lowest BCUT2D eigenvalue weighted by molar-refractivity contribution is 0.184. The van der Waals surface area contributed by atoms with Crippen molar-refractivity contribution in [2.75, 3.05) is 33.9 Å². The third-order valence-corrected chi connectivity index (χ3v) is 8.48. The van der Waals surface area contributed by atoms with Gasteiger partial charge in [0, 0.05) is 36.6 Å².